The molecule has 1 aliphatic rings. The van der Waals surface area contributed by atoms with Gasteiger partial charge in [-0.1, -0.05) is 65.1 Å². The van der Waals surface area contributed by atoms with E-state index in [1.807, 2.05) is 41.5 Å². The quantitative estimate of drug-likeness (QED) is 0.224. The molecule has 0 aromatic carbocycles. The van der Waals surface area contributed by atoms with Crippen LogP contribution in [0, 0.1) is 10.8 Å². The van der Waals surface area contributed by atoms with Gasteiger partial charge < -0.3 is 29.7 Å². The molecule has 0 amide bonds. The van der Waals surface area contributed by atoms with Crippen LogP contribution in [-0.4, -0.2) is 88.7 Å². The van der Waals surface area contributed by atoms with Gasteiger partial charge >= 0.3 is 7.60 Å². The average molecular weight is 648 g/mol. The number of fused-ring (bicyclic) bond motifs is 1. The monoisotopic (exact) mass is 647 g/mol. The van der Waals surface area contributed by atoms with Gasteiger partial charge in [0.25, 0.3) is 0 Å². The van der Waals surface area contributed by atoms with E-state index in [1.54, 1.807) is 0 Å². The molecule has 13 nitrogen and oxygen atoms in total. The average Bonchev–Trinajstić information content (AvgIpc) is 3.41. The number of aromatic nitrogens is 4. The molecule has 4 N–H and O–H groups in total. The summed E-state index contributed by atoms with van der Waals surface area (Å²) in [5.74, 6) is 0.714. The molecule has 3 rings (SSSR count). The molecule has 236 valence electrons. The Labute approximate surface area is 254 Å². The topological polar surface area (TPSA) is 189 Å². The van der Waals surface area contributed by atoms with E-state index < -0.39 is 42.5 Å². The van der Waals surface area contributed by atoms with E-state index in [9.17, 15) is 24.4 Å². The number of carbonyl (C=O) groups excluding carboxylic acids is 2. The van der Waals surface area contributed by atoms with Crippen LogP contribution in [0.4, 0.5) is 5.82 Å². The summed E-state index contributed by atoms with van der Waals surface area (Å²) in [6.07, 6.45) is -0.807. The van der Waals surface area contributed by atoms with Gasteiger partial charge in [0.2, 0.25) is 0 Å². The minimum atomic E-state index is -3.75. The van der Waals surface area contributed by atoms with Crippen molar-refractivity contribution < 1.29 is 38.2 Å². The Hall–Kier alpha value is -1.58. The zero-order valence-electron chi connectivity index (χ0n) is 25.1. The first-order valence-electron chi connectivity index (χ1n) is 13.6. The molecule has 1 saturated heterocycles. The normalized spacial score (nSPS) is 23.5. The van der Waals surface area contributed by atoms with Crippen molar-refractivity contribution in [2.45, 2.75) is 78.9 Å². The number of thioether (sulfide) groups is 2. The van der Waals surface area contributed by atoms with Crippen LogP contribution in [0.15, 0.2) is 12.7 Å². The first-order chi connectivity index (χ1) is 19.4. The van der Waals surface area contributed by atoms with Crippen molar-refractivity contribution in [3.05, 3.63) is 12.7 Å². The maximum atomic E-state index is 13.8. The molecule has 1 fully saturated rings. The Kier molecular flexibility index (Phi) is 11.3. The maximum absolute atomic E-state index is 13.8. The number of hydrogen-bond donors (Lipinski definition) is 3. The lowest BCUT2D eigenvalue weighted by Crippen LogP contribution is -2.43. The molecule has 4 atom stereocenters. The summed E-state index contributed by atoms with van der Waals surface area (Å²) < 4.78 is 32.7. The fourth-order valence-corrected chi connectivity index (χ4v) is 7.48. The van der Waals surface area contributed by atoms with Crippen molar-refractivity contribution in [3.8, 4) is 0 Å². The number of ether oxygens (including phenoxy) is 1. The van der Waals surface area contributed by atoms with Crippen molar-refractivity contribution in [2.75, 3.05) is 36.6 Å². The lowest BCUT2D eigenvalue weighted by atomic mass is 9.95. The van der Waals surface area contributed by atoms with Gasteiger partial charge in [-0.05, 0) is 13.3 Å². The number of aliphatic hydroxyl groups excluding tert-OH is 1. The first-order valence-corrected chi connectivity index (χ1v) is 17.3. The number of nitrogen functional groups attached to an aromatic ring is 1. The van der Waals surface area contributed by atoms with Crippen LogP contribution in [0.5, 0.6) is 0 Å². The number of hydrogen-bond acceptors (Lipinski definition) is 14. The fraction of sp³-hybridized carbons (Fsp3) is 0.731. The van der Waals surface area contributed by atoms with Gasteiger partial charge in [-0.2, -0.15) is 0 Å². The first kappa shape index (κ1) is 34.9. The van der Waals surface area contributed by atoms with E-state index in [0.717, 1.165) is 23.5 Å². The molecule has 0 unspecified atom stereocenters. The number of rotatable bonds is 12. The molecule has 2 aromatic rings. The highest BCUT2D eigenvalue weighted by atomic mass is 32.2. The van der Waals surface area contributed by atoms with Gasteiger partial charge in [0.05, 0.1) is 31.8 Å². The number of nitrogens with zero attached hydrogens (tertiary/aromatic N) is 4. The van der Waals surface area contributed by atoms with Gasteiger partial charge in [0.15, 0.2) is 27.9 Å². The summed E-state index contributed by atoms with van der Waals surface area (Å²) in [6.45, 7) is 12.3. The number of anilines is 1. The molecular weight excluding hydrogens is 605 g/mol. The van der Waals surface area contributed by atoms with Crippen molar-refractivity contribution in [2.24, 2.45) is 10.8 Å². The van der Waals surface area contributed by atoms with E-state index in [4.69, 9.17) is 19.5 Å². The number of carbonyl (C=O) groups is 2. The lowest BCUT2D eigenvalue weighted by molar-refractivity contribution is -0.118. The molecule has 42 heavy (non-hydrogen) atoms. The summed E-state index contributed by atoms with van der Waals surface area (Å²) in [4.78, 5) is 36.8. The molecule has 0 radical (unpaired) electrons. The second-order valence-electron chi connectivity index (χ2n) is 12.3. The predicted octanol–water partition coefficient (Wildman–Crippen LogP) is 3.65. The smallest absolute Gasteiger partial charge is 0.330 e. The Bertz CT molecular complexity index is 1270. The lowest BCUT2D eigenvalue weighted by Gasteiger charge is -2.27. The van der Waals surface area contributed by atoms with Crippen LogP contribution >= 0.6 is 31.1 Å². The Morgan fingerprint density at radius 3 is 2.14 bits per heavy atom. The predicted molar refractivity (Wildman–Crippen MR) is 163 cm³/mol. The molecule has 3 heterocycles. The highest BCUT2D eigenvalue weighted by molar-refractivity contribution is 8.14. The highest BCUT2D eigenvalue weighted by Gasteiger charge is 2.53. The summed E-state index contributed by atoms with van der Waals surface area (Å²) in [5, 5.41) is 22.2. The number of nitrogens with two attached hydrogens (primary N) is 1. The summed E-state index contributed by atoms with van der Waals surface area (Å²) >= 11 is 2.18. The third-order valence-corrected chi connectivity index (χ3v) is 11.0. The fourth-order valence-electron chi connectivity index (χ4n) is 4.02. The second-order valence-corrected chi connectivity index (χ2v) is 16.7. The standard InChI is InChI=1S/C26H42N5O8PS2/c1-24(2,3)22(33)41-12-9-37-40(36,38-10-13-42-23(34)25(4,5)6)11-8-16-18(32)26(7,35)21(39-16)31-15-30-17-19(27)28-14-29-20(17)31/h14-16,18,21,32,35H,8-13H2,1-7H3,(H2,27,28,29)/t16-,18-,21-,26-/m1/s1. The van der Waals surface area contributed by atoms with Gasteiger partial charge in [0, 0.05) is 22.3 Å². The Morgan fingerprint density at radius 2 is 1.62 bits per heavy atom. The highest BCUT2D eigenvalue weighted by Crippen LogP contribution is 2.51. The number of imidazole rings is 1. The van der Waals surface area contributed by atoms with E-state index in [0.29, 0.717) is 11.2 Å². The van der Waals surface area contributed by atoms with Crippen LogP contribution in [0.25, 0.3) is 11.2 Å². The van der Waals surface area contributed by atoms with E-state index in [2.05, 4.69) is 15.0 Å². The van der Waals surface area contributed by atoms with Crippen LogP contribution in [-0.2, 0) is 27.9 Å². The summed E-state index contributed by atoms with van der Waals surface area (Å²) in [5.41, 5.74) is 3.73. The minimum absolute atomic E-state index is 0.00556. The molecule has 0 bridgehead atoms. The molecule has 2 aromatic heterocycles. The molecule has 1 aliphatic heterocycles. The van der Waals surface area contributed by atoms with Gasteiger partial charge in [-0.25, -0.2) is 15.0 Å². The molecule has 0 spiro atoms. The largest absolute Gasteiger partial charge is 0.387 e. The summed E-state index contributed by atoms with van der Waals surface area (Å²) in [7, 11) is -3.75. The third-order valence-electron chi connectivity index (χ3n) is 6.52. The summed E-state index contributed by atoms with van der Waals surface area (Å²) in [6, 6.07) is 0. The molecule has 16 heteroatoms. The van der Waals surface area contributed by atoms with Gasteiger partial charge in [-0.3, -0.25) is 18.7 Å². The zero-order chi connectivity index (χ0) is 31.5. The van der Waals surface area contributed by atoms with Crippen LogP contribution < -0.4 is 5.73 Å². The van der Waals surface area contributed by atoms with Crippen LogP contribution in [0.3, 0.4) is 0 Å². The van der Waals surface area contributed by atoms with E-state index in [-0.39, 0.29) is 53.4 Å². The third kappa shape index (κ3) is 8.53. The maximum Gasteiger partial charge on any atom is 0.330 e. The van der Waals surface area contributed by atoms with Crippen molar-refractivity contribution in [1.82, 2.24) is 19.5 Å². The van der Waals surface area contributed by atoms with Gasteiger partial charge in [0.1, 0.15) is 23.5 Å². The van der Waals surface area contributed by atoms with Crippen molar-refractivity contribution in [1.29, 1.82) is 0 Å². The van der Waals surface area contributed by atoms with Crippen LogP contribution in [0.1, 0.15) is 61.1 Å². The Morgan fingerprint density at radius 1 is 1.07 bits per heavy atom. The number of aliphatic hydroxyl groups is 2. The molecule has 0 saturated carbocycles. The van der Waals surface area contributed by atoms with Crippen molar-refractivity contribution >= 4 is 58.3 Å². The Balaban J connectivity index is 1.68. The second kappa shape index (κ2) is 13.6. The van der Waals surface area contributed by atoms with Gasteiger partial charge in [-0.15, -0.1) is 0 Å². The van der Waals surface area contributed by atoms with Crippen LogP contribution in [0.2, 0.25) is 0 Å². The SMILES string of the molecule is CC(C)(C)C(=O)SCCOP(=O)(CC[C@H]1O[C@@H](n2cnc3c(N)ncnc32)[C@](C)(O)[C@@H]1O)OCCSC(=O)C(C)(C)C. The van der Waals surface area contributed by atoms with Crippen molar-refractivity contribution in [3.63, 3.8) is 0 Å². The van der Waals surface area contributed by atoms with E-state index in [1.165, 1.54) is 24.1 Å². The van der Waals surface area contributed by atoms with E-state index >= 15 is 0 Å². The minimum Gasteiger partial charge on any atom is -0.387 e. The molecule has 0 aliphatic carbocycles. The molecular formula is C26H42N5O8PS2. The zero-order valence-corrected chi connectivity index (χ0v) is 27.6.